The molecule has 78 valence electrons. The first kappa shape index (κ1) is 12.3. The van der Waals surface area contributed by atoms with Crippen molar-refractivity contribution in [3.05, 3.63) is 11.3 Å². The molecule has 0 aliphatic carbocycles. The smallest absolute Gasteiger partial charge is 0.450 e. The number of rotatable bonds is 2. The average Bonchev–Trinajstić information content (AvgIpc) is 2.04. The van der Waals surface area contributed by atoms with Crippen LogP contribution in [0.5, 0.6) is 0 Å². The molecule has 14 heavy (non-hydrogen) atoms. The van der Waals surface area contributed by atoms with Gasteiger partial charge in [0, 0.05) is 0 Å². The Labute approximate surface area is 77.2 Å². The molecule has 0 atom stereocenters. The Morgan fingerprint density at radius 2 is 2.07 bits per heavy atom. The van der Waals surface area contributed by atoms with E-state index in [1.165, 1.54) is 6.92 Å². The Morgan fingerprint density at radius 1 is 1.57 bits per heavy atom. The third-order valence-electron chi connectivity index (χ3n) is 1.10. The van der Waals surface area contributed by atoms with E-state index in [2.05, 4.69) is 4.74 Å². The topological polar surface area (TPSA) is 70.3 Å². The van der Waals surface area contributed by atoms with E-state index < -0.39 is 23.5 Å². The highest BCUT2D eigenvalue weighted by Crippen LogP contribution is 2.26. The zero-order valence-electron chi connectivity index (χ0n) is 7.05. The molecule has 7 heteroatoms. The van der Waals surface area contributed by atoms with Crippen LogP contribution < -0.4 is 0 Å². The molecule has 0 saturated heterocycles. The number of aliphatic hydroxyl groups excluding tert-OH is 1. The third-order valence-corrected chi connectivity index (χ3v) is 1.10. The van der Waals surface area contributed by atoms with Gasteiger partial charge in [-0.05, 0) is 6.92 Å². The second-order valence-electron chi connectivity index (χ2n) is 2.05. The molecule has 4 nitrogen and oxygen atoms in total. The monoisotopic (exact) mass is 209 g/mol. The molecule has 0 aliphatic heterocycles. The van der Waals surface area contributed by atoms with Gasteiger partial charge < -0.3 is 9.84 Å². The summed E-state index contributed by atoms with van der Waals surface area (Å²) in [4.78, 5) is 10.7. The molecule has 0 heterocycles. The number of ether oxygens (including phenoxy) is 1. The van der Waals surface area contributed by atoms with Crippen LogP contribution >= 0.6 is 0 Å². The number of hydrogen-bond donors (Lipinski definition) is 1. The summed E-state index contributed by atoms with van der Waals surface area (Å²) in [5.41, 5.74) is -1.45. The summed E-state index contributed by atoms with van der Waals surface area (Å²) in [5.74, 6) is -3.73. The minimum Gasteiger partial charge on any atom is -0.503 e. The maximum atomic E-state index is 11.8. The van der Waals surface area contributed by atoms with Gasteiger partial charge in [-0.3, -0.25) is 0 Å². The molecule has 0 aromatic rings. The van der Waals surface area contributed by atoms with Crippen molar-refractivity contribution in [2.24, 2.45) is 0 Å². The largest absolute Gasteiger partial charge is 0.503 e. The fourth-order valence-electron chi connectivity index (χ4n) is 0.540. The lowest BCUT2D eigenvalue weighted by Gasteiger charge is -2.06. The van der Waals surface area contributed by atoms with Crippen molar-refractivity contribution in [1.29, 1.82) is 5.26 Å². The normalized spacial score (nSPS) is 12.8. The summed E-state index contributed by atoms with van der Waals surface area (Å²) >= 11 is 0. The van der Waals surface area contributed by atoms with Crippen LogP contribution in [0.15, 0.2) is 11.3 Å². The maximum absolute atomic E-state index is 11.8. The Morgan fingerprint density at radius 3 is 2.36 bits per heavy atom. The number of aliphatic hydroxyl groups is 1. The lowest BCUT2D eigenvalue weighted by atomic mass is 10.2. The highest BCUT2D eigenvalue weighted by atomic mass is 19.4. The van der Waals surface area contributed by atoms with Gasteiger partial charge in [0.15, 0.2) is 5.57 Å². The predicted molar refractivity (Wildman–Crippen MR) is 38.0 cm³/mol. The Balaban J connectivity index is 5.08. The molecule has 0 aliphatic rings. The second kappa shape index (κ2) is 4.50. The van der Waals surface area contributed by atoms with Gasteiger partial charge in [0.2, 0.25) is 5.76 Å². The lowest BCUT2D eigenvalue weighted by molar-refractivity contribution is -0.142. The second-order valence-corrected chi connectivity index (χ2v) is 2.05. The van der Waals surface area contributed by atoms with Gasteiger partial charge in [-0.1, -0.05) is 0 Å². The summed E-state index contributed by atoms with van der Waals surface area (Å²) in [6.45, 7) is 1.17. The molecular formula is C7H6F3NO3. The molecule has 0 aromatic heterocycles. The molecule has 0 amide bonds. The molecule has 0 aromatic carbocycles. The van der Waals surface area contributed by atoms with E-state index in [0.717, 1.165) is 6.07 Å². The average molecular weight is 209 g/mol. The quantitative estimate of drug-likeness (QED) is 0.323. The molecule has 0 rings (SSSR count). The van der Waals surface area contributed by atoms with Gasteiger partial charge in [-0.2, -0.15) is 18.4 Å². The zero-order valence-corrected chi connectivity index (χ0v) is 7.05. The van der Waals surface area contributed by atoms with Gasteiger partial charge in [0.25, 0.3) is 0 Å². The number of alkyl halides is 3. The minimum absolute atomic E-state index is 0.185. The van der Waals surface area contributed by atoms with Crippen molar-refractivity contribution in [3.8, 4) is 6.07 Å². The summed E-state index contributed by atoms with van der Waals surface area (Å²) in [6.07, 6.45) is -5.13. The molecule has 0 radical (unpaired) electrons. The van der Waals surface area contributed by atoms with Crippen LogP contribution in [0.3, 0.4) is 0 Å². The van der Waals surface area contributed by atoms with Crippen LogP contribution in [0.1, 0.15) is 6.92 Å². The van der Waals surface area contributed by atoms with E-state index in [1.807, 2.05) is 0 Å². The SMILES string of the molecule is CCOC(=O)C(C#N)=C(O)C(F)(F)F. The number of nitrogens with zero attached hydrogens (tertiary/aromatic N) is 1. The number of allylic oxidation sites excluding steroid dienone is 1. The lowest BCUT2D eigenvalue weighted by Crippen LogP contribution is -2.18. The van der Waals surface area contributed by atoms with Crippen LogP contribution in [0.4, 0.5) is 13.2 Å². The number of esters is 1. The first-order valence-electron chi connectivity index (χ1n) is 3.42. The summed E-state index contributed by atoms with van der Waals surface area (Å²) < 4.78 is 39.6. The molecular weight excluding hydrogens is 203 g/mol. The van der Waals surface area contributed by atoms with Gasteiger partial charge in [-0.15, -0.1) is 0 Å². The van der Waals surface area contributed by atoms with Crippen molar-refractivity contribution in [2.45, 2.75) is 13.1 Å². The van der Waals surface area contributed by atoms with E-state index >= 15 is 0 Å². The van der Waals surface area contributed by atoms with Crippen LogP contribution in [0.2, 0.25) is 0 Å². The highest BCUT2D eigenvalue weighted by Gasteiger charge is 2.39. The number of halogens is 3. The number of hydrogen-bond acceptors (Lipinski definition) is 4. The zero-order chi connectivity index (χ0) is 11.4. The molecule has 0 fully saturated rings. The molecule has 0 saturated carbocycles. The molecule has 0 unspecified atom stereocenters. The maximum Gasteiger partial charge on any atom is 0.450 e. The summed E-state index contributed by atoms with van der Waals surface area (Å²) in [7, 11) is 0. The summed E-state index contributed by atoms with van der Waals surface area (Å²) in [6, 6.07) is 0.928. The van der Waals surface area contributed by atoms with E-state index in [4.69, 9.17) is 10.4 Å². The van der Waals surface area contributed by atoms with E-state index in [-0.39, 0.29) is 6.61 Å². The third kappa shape index (κ3) is 2.97. The van der Waals surface area contributed by atoms with Crippen molar-refractivity contribution >= 4 is 5.97 Å². The van der Waals surface area contributed by atoms with E-state index in [9.17, 15) is 18.0 Å². The predicted octanol–water partition coefficient (Wildman–Crippen LogP) is 1.45. The van der Waals surface area contributed by atoms with Gasteiger partial charge in [0.05, 0.1) is 6.61 Å². The minimum atomic E-state index is -5.13. The van der Waals surface area contributed by atoms with Crippen molar-refractivity contribution in [1.82, 2.24) is 0 Å². The van der Waals surface area contributed by atoms with Crippen molar-refractivity contribution in [2.75, 3.05) is 6.61 Å². The Bertz CT molecular complexity index is 300. The van der Waals surface area contributed by atoms with Crippen LogP contribution in [-0.4, -0.2) is 23.9 Å². The number of carbonyl (C=O) groups excluding carboxylic acids is 1. The molecule has 0 spiro atoms. The van der Waals surface area contributed by atoms with E-state index in [1.54, 1.807) is 0 Å². The fraction of sp³-hybridized carbons (Fsp3) is 0.429. The standard InChI is InChI=1S/C7H6F3NO3/c1-2-14-6(13)4(3-11)5(12)7(8,9)10/h12H,2H2,1H3. The van der Waals surface area contributed by atoms with Crippen LogP contribution in [-0.2, 0) is 9.53 Å². The Hall–Kier alpha value is -1.71. The molecule has 1 N–H and O–H groups in total. The van der Waals surface area contributed by atoms with Crippen molar-refractivity contribution in [3.63, 3.8) is 0 Å². The first-order chi connectivity index (χ1) is 6.34. The van der Waals surface area contributed by atoms with Crippen LogP contribution in [0, 0.1) is 11.3 Å². The van der Waals surface area contributed by atoms with Crippen molar-refractivity contribution < 1.29 is 27.8 Å². The highest BCUT2D eigenvalue weighted by molar-refractivity contribution is 5.93. The number of carbonyl (C=O) groups is 1. The van der Waals surface area contributed by atoms with E-state index in [0.29, 0.717) is 0 Å². The number of nitriles is 1. The summed E-state index contributed by atoms with van der Waals surface area (Å²) in [5, 5.41) is 16.7. The van der Waals surface area contributed by atoms with Gasteiger partial charge in [0.1, 0.15) is 6.07 Å². The molecule has 0 bridgehead atoms. The van der Waals surface area contributed by atoms with Gasteiger partial charge >= 0.3 is 12.1 Å². The fourth-order valence-corrected chi connectivity index (χ4v) is 0.540. The Kier molecular flexibility index (Phi) is 3.95. The first-order valence-corrected chi connectivity index (χ1v) is 3.42. The van der Waals surface area contributed by atoms with Gasteiger partial charge in [-0.25, -0.2) is 4.79 Å². The van der Waals surface area contributed by atoms with Crippen LogP contribution in [0.25, 0.3) is 0 Å².